The number of hydrogen-bond donors (Lipinski definition) is 0. The van der Waals surface area contributed by atoms with E-state index in [4.69, 9.17) is 14.2 Å². The summed E-state index contributed by atoms with van der Waals surface area (Å²) >= 11 is 0. The molecule has 1 aromatic heterocycles. The van der Waals surface area contributed by atoms with Crippen molar-refractivity contribution in [2.75, 3.05) is 14.2 Å². The van der Waals surface area contributed by atoms with Crippen molar-refractivity contribution in [3.05, 3.63) is 64.8 Å². The summed E-state index contributed by atoms with van der Waals surface area (Å²) in [5, 5.41) is 4.67. The van der Waals surface area contributed by atoms with E-state index in [1.807, 2.05) is 32.0 Å². The molecule has 152 valence electrons. The third kappa shape index (κ3) is 4.42. The highest BCUT2D eigenvalue weighted by atomic mass is 16.5. The van der Waals surface area contributed by atoms with E-state index in [0.29, 0.717) is 22.9 Å². The van der Waals surface area contributed by atoms with Crippen LogP contribution < -0.4 is 14.2 Å². The van der Waals surface area contributed by atoms with Gasteiger partial charge in [0.05, 0.1) is 25.6 Å². The molecule has 1 heterocycles. The van der Waals surface area contributed by atoms with E-state index in [2.05, 4.69) is 18.1 Å². The van der Waals surface area contributed by atoms with E-state index >= 15 is 0 Å². The molecule has 0 radical (unpaired) electrons. The number of benzene rings is 2. The van der Waals surface area contributed by atoms with Crippen molar-refractivity contribution in [1.29, 1.82) is 0 Å². The molecule has 2 aromatic carbocycles. The van der Waals surface area contributed by atoms with Crippen molar-refractivity contribution in [2.24, 2.45) is 0 Å². The number of esters is 1. The molecule has 29 heavy (non-hydrogen) atoms. The molecule has 0 fully saturated rings. The average Bonchev–Trinajstić information content (AvgIpc) is 3.09. The molecular weight excluding hydrogens is 368 g/mol. The Hall–Kier alpha value is -3.28. The number of carbonyl (C=O) groups excluding carboxylic acids is 1. The van der Waals surface area contributed by atoms with Gasteiger partial charge < -0.3 is 14.2 Å². The van der Waals surface area contributed by atoms with Crippen LogP contribution >= 0.6 is 0 Å². The highest BCUT2D eigenvalue weighted by molar-refractivity contribution is 5.94. The number of carbonyl (C=O) groups is 1. The molecule has 6 nitrogen and oxygen atoms in total. The van der Waals surface area contributed by atoms with Crippen molar-refractivity contribution in [1.82, 2.24) is 9.78 Å². The Morgan fingerprint density at radius 3 is 2.48 bits per heavy atom. The molecule has 0 aliphatic rings. The van der Waals surface area contributed by atoms with Gasteiger partial charge in [0.2, 0.25) is 5.88 Å². The molecule has 0 N–H and O–H groups in total. The molecule has 0 unspecified atom stereocenters. The third-order valence-corrected chi connectivity index (χ3v) is 4.64. The minimum absolute atomic E-state index is 0.318. The molecule has 3 aromatic rings. The summed E-state index contributed by atoms with van der Waals surface area (Å²) in [6.07, 6.45) is 1.75. The maximum atomic E-state index is 12.9. The number of aryl methyl sites for hydroxylation is 3. The molecule has 3 rings (SSSR count). The van der Waals surface area contributed by atoms with Crippen LogP contribution in [0.15, 0.2) is 42.5 Å². The fourth-order valence-electron chi connectivity index (χ4n) is 3.19. The standard InChI is InChI=1S/C23H26N2O4/c1-6-7-17-13-22(25(24-17)20-11-8-15(2)12-16(20)3)29-23(26)19-10-9-18(27-4)14-21(19)28-5/h8-14H,6-7H2,1-5H3. The lowest BCUT2D eigenvalue weighted by Gasteiger charge is -2.12. The Labute approximate surface area is 171 Å². The molecule has 0 atom stereocenters. The molecule has 0 aliphatic carbocycles. The summed E-state index contributed by atoms with van der Waals surface area (Å²) < 4.78 is 18.0. The first-order valence-electron chi connectivity index (χ1n) is 9.57. The van der Waals surface area contributed by atoms with Crippen LogP contribution in [-0.4, -0.2) is 30.0 Å². The lowest BCUT2D eigenvalue weighted by Crippen LogP contribution is -2.13. The zero-order chi connectivity index (χ0) is 21.0. The van der Waals surface area contributed by atoms with Crippen LogP contribution in [0.1, 0.15) is 40.5 Å². The maximum absolute atomic E-state index is 12.9. The van der Waals surface area contributed by atoms with Crippen LogP contribution in [0.25, 0.3) is 5.69 Å². The van der Waals surface area contributed by atoms with Crippen LogP contribution in [0.3, 0.4) is 0 Å². The summed E-state index contributed by atoms with van der Waals surface area (Å²) in [6.45, 7) is 6.14. The second-order valence-corrected chi connectivity index (χ2v) is 6.88. The Kier molecular flexibility index (Phi) is 6.22. The Morgan fingerprint density at radius 1 is 1.03 bits per heavy atom. The van der Waals surface area contributed by atoms with E-state index in [1.54, 1.807) is 30.0 Å². The summed E-state index contributed by atoms with van der Waals surface area (Å²) in [4.78, 5) is 12.9. The van der Waals surface area contributed by atoms with Gasteiger partial charge in [0, 0.05) is 12.1 Å². The summed E-state index contributed by atoms with van der Waals surface area (Å²) in [5.74, 6) is 0.853. The summed E-state index contributed by atoms with van der Waals surface area (Å²) in [5.41, 5.74) is 4.28. The van der Waals surface area contributed by atoms with Crippen molar-refractivity contribution in [2.45, 2.75) is 33.6 Å². The fourth-order valence-corrected chi connectivity index (χ4v) is 3.19. The van der Waals surface area contributed by atoms with Gasteiger partial charge in [-0.25, -0.2) is 9.48 Å². The van der Waals surface area contributed by atoms with Gasteiger partial charge in [0.1, 0.15) is 17.1 Å². The first-order chi connectivity index (χ1) is 14.0. The van der Waals surface area contributed by atoms with Gasteiger partial charge in [0.25, 0.3) is 0 Å². The molecular formula is C23H26N2O4. The zero-order valence-corrected chi connectivity index (χ0v) is 17.5. The molecule has 0 bridgehead atoms. The van der Waals surface area contributed by atoms with Crippen molar-refractivity contribution in [3.8, 4) is 23.1 Å². The topological polar surface area (TPSA) is 62.6 Å². The second-order valence-electron chi connectivity index (χ2n) is 6.88. The minimum atomic E-state index is -0.515. The lowest BCUT2D eigenvalue weighted by atomic mass is 10.1. The lowest BCUT2D eigenvalue weighted by molar-refractivity contribution is 0.0719. The summed E-state index contributed by atoms with van der Waals surface area (Å²) in [7, 11) is 3.06. The van der Waals surface area contributed by atoms with E-state index in [1.165, 1.54) is 7.11 Å². The van der Waals surface area contributed by atoms with Gasteiger partial charge in [-0.15, -0.1) is 0 Å². The van der Waals surface area contributed by atoms with Crippen LogP contribution in [0.5, 0.6) is 17.4 Å². The van der Waals surface area contributed by atoms with Gasteiger partial charge >= 0.3 is 5.97 Å². The first kappa shape index (κ1) is 20.5. The number of methoxy groups -OCH3 is 2. The Morgan fingerprint density at radius 2 is 1.83 bits per heavy atom. The number of nitrogens with zero attached hydrogens (tertiary/aromatic N) is 2. The number of ether oxygens (including phenoxy) is 3. The quantitative estimate of drug-likeness (QED) is 0.545. The van der Waals surface area contributed by atoms with Gasteiger partial charge in [0.15, 0.2) is 0 Å². The molecule has 0 spiro atoms. The van der Waals surface area contributed by atoms with Gasteiger partial charge in [-0.3, -0.25) is 0 Å². The predicted octanol–water partition coefficient (Wildman–Crippen LogP) is 4.68. The van der Waals surface area contributed by atoms with Crippen molar-refractivity contribution >= 4 is 5.97 Å². The number of hydrogen-bond acceptors (Lipinski definition) is 5. The SMILES string of the molecule is CCCc1cc(OC(=O)c2ccc(OC)cc2OC)n(-c2ccc(C)cc2C)n1. The number of rotatable bonds is 7. The minimum Gasteiger partial charge on any atom is -0.497 e. The first-order valence-corrected chi connectivity index (χ1v) is 9.57. The molecule has 0 amide bonds. The van der Waals surface area contributed by atoms with E-state index in [0.717, 1.165) is 35.3 Å². The van der Waals surface area contributed by atoms with Crippen LogP contribution in [-0.2, 0) is 6.42 Å². The van der Waals surface area contributed by atoms with E-state index in [9.17, 15) is 4.79 Å². The average molecular weight is 394 g/mol. The fraction of sp³-hybridized carbons (Fsp3) is 0.304. The van der Waals surface area contributed by atoms with E-state index in [-0.39, 0.29) is 0 Å². The van der Waals surface area contributed by atoms with Crippen molar-refractivity contribution < 1.29 is 19.0 Å². The van der Waals surface area contributed by atoms with Gasteiger partial charge in [-0.05, 0) is 44.0 Å². The smallest absolute Gasteiger partial charge is 0.348 e. The number of aromatic nitrogens is 2. The monoisotopic (exact) mass is 394 g/mol. The molecule has 0 saturated carbocycles. The van der Waals surface area contributed by atoms with Gasteiger partial charge in [-0.1, -0.05) is 31.0 Å². The Bertz CT molecular complexity index is 1020. The normalized spacial score (nSPS) is 10.7. The van der Waals surface area contributed by atoms with Crippen molar-refractivity contribution in [3.63, 3.8) is 0 Å². The maximum Gasteiger partial charge on any atom is 0.348 e. The molecule has 0 saturated heterocycles. The predicted molar refractivity (Wildman–Crippen MR) is 112 cm³/mol. The second kappa shape index (κ2) is 8.82. The highest BCUT2D eigenvalue weighted by Crippen LogP contribution is 2.28. The molecule has 0 aliphatic heterocycles. The van der Waals surface area contributed by atoms with Gasteiger partial charge in [-0.2, -0.15) is 5.10 Å². The largest absolute Gasteiger partial charge is 0.497 e. The third-order valence-electron chi connectivity index (χ3n) is 4.64. The van der Waals surface area contributed by atoms with Crippen LogP contribution in [0, 0.1) is 13.8 Å². The van der Waals surface area contributed by atoms with Crippen LogP contribution in [0.2, 0.25) is 0 Å². The molecule has 6 heteroatoms. The Balaban J connectivity index is 1.99. The van der Waals surface area contributed by atoms with Crippen LogP contribution in [0.4, 0.5) is 0 Å². The zero-order valence-electron chi connectivity index (χ0n) is 17.5. The summed E-state index contributed by atoms with van der Waals surface area (Å²) in [6, 6.07) is 12.9. The highest BCUT2D eigenvalue weighted by Gasteiger charge is 2.20. The van der Waals surface area contributed by atoms with E-state index < -0.39 is 5.97 Å².